The molecule has 0 bridgehead atoms. The second kappa shape index (κ2) is 6.64. The molecule has 0 aromatic heterocycles. The van der Waals surface area contributed by atoms with E-state index in [0.29, 0.717) is 5.92 Å². The monoisotopic (exact) mass is 303 g/mol. The number of aliphatic hydroxyl groups is 1. The Morgan fingerprint density at radius 1 is 1.44 bits per heavy atom. The molecule has 1 rings (SSSR count). The Balaban J connectivity index is 2.68. The third-order valence-electron chi connectivity index (χ3n) is 2.32. The van der Waals surface area contributed by atoms with Gasteiger partial charge in [-0.2, -0.15) is 0 Å². The molecule has 0 spiro atoms. The minimum Gasteiger partial charge on any atom is -0.396 e. The Bertz CT molecular complexity index is 344. The van der Waals surface area contributed by atoms with Crippen LogP contribution in [0.5, 0.6) is 0 Å². The summed E-state index contributed by atoms with van der Waals surface area (Å²) in [5.74, 6) is 1.25. The van der Waals surface area contributed by atoms with Gasteiger partial charge in [0.15, 0.2) is 0 Å². The summed E-state index contributed by atoms with van der Waals surface area (Å²) in [6.07, 6.45) is 0. The van der Waals surface area contributed by atoms with Gasteiger partial charge in [0.1, 0.15) is 0 Å². The van der Waals surface area contributed by atoms with Crippen LogP contribution in [-0.2, 0) is 0 Å². The maximum Gasteiger partial charge on any atom is 0.0464 e. The lowest BCUT2D eigenvalue weighted by Gasteiger charge is -2.11. The van der Waals surface area contributed by atoms with Gasteiger partial charge in [-0.3, -0.25) is 0 Å². The van der Waals surface area contributed by atoms with Gasteiger partial charge in [-0.05, 0) is 46.5 Å². The standard InChI is InChI=1S/C12H18BrNOS/c1-8(6-15)7-16-12-4-3-10(9(2)14)5-11(12)13/h3-5,8-9,15H,6-7,14H2,1-2H3. The van der Waals surface area contributed by atoms with Crippen molar-refractivity contribution in [2.75, 3.05) is 12.4 Å². The van der Waals surface area contributed by atoms with Crippen molar-refractivity contribution in [3.63, 3.8) is 0 Å². The zero-order chi connectivity index (χ0) is 12.1. The Hall–Kier alpha value is -0.0300. The molecule has 0 fully saturated rings. The molecular formula is C12H18BrNOS. The Morgan fingerprint density at radius 3 is 2.62 bits per heavy atom. The zero-order valence-electron chi connectivity index (χ0n) is 9.61. The first-order valence-corrected chi connectivity index (χ1v) is 7.11. The van der Waals surface area contributed by atoms with Gasteiger partial charge in [0.25, 0.3) is 0 Å². The molecule has 0 radical (unpaired) electrons. The lowest BCUT2D eigenvalue weighted by molar-refractivity contribution is 0.250. The highest BCUT2D eigenvalue weighted by molar-refractivity contribution is 9.10. The molecule has 4 heteroatoms. The normalized spacial score (nSPS) is 14.8. The number of rotatable bonds is 5. The van der Waals surface area contributed by atoms with Gasteiger partial charge in [-0.1, -0.05) is 13.0 Å². The van der Waals surface area contributed by atoms with Crippen LogP contribution < -0.4 is 5.73 Å². The fraction of sp³-hybridized carbons (Fsp3) is 0.500. The van der Waals surface area contributed by atoms with Crippen molar-refractivity contribution in [1.82, 2.24) is 0 Å². The van der Waals surface area contributed by atoms with Crippen LogP contribution in [0, 0.1) is 5.92 Å². The van der Waals surface area contributed by atoms with Gasteiger partial charge in [0.2, 0.25) is 0 Å². The van der Waals surface area contributed by atoms with Crippen LogP contribution in [0.15, 0.2) is 27.6 Å². The lowest BCUT2D eigenvalue weighted by atomic mass is 10.1. The van der Waals surface area contributed by atoms with Crippen LogP contribution >= 0.6 is 27.7 Å². The van der Waals surface area contributed by atoms with Crippen LogP contribution in [0.3, 0.4) is 0 Å². The summed E-state index contributed by atoms with van der Waals surface area (Å²) in [5.41, 5.74) is 6.95. The van der Waals surface area contributed by atoms with Gasteiger partial charge >= 0.3 is 0 Å². The van der Waals surface area contributed by atoms with Crippen molar-refractivity contribution in [2.45, 2.75) is 24.8 Å². The van der Waals surface area contributed by atoms with E-state index in [-0.39, 0.29) is 12.6 Å². The third-order valence-corrected chi connectivity index (χ3v) is 4.64. The molecule has 2 atom stereocenters. The average Bonchev–Trinajstić information content (AvgIpc) is 2.26. The van der Waals surface area contributed by atoms with E-state index in [4.69, 9.17) is 10.8 Å². The molecule has 0 saturated carbocycles. The molecule has 1 aromatic carbocycles. The number of aliphatic hydroxyl groups excluding tert-OH is 1. The van der Waals surface area contributed by atoms with Crippen molar-refractivity contribution in [3.05, 3.63) is 28.2 Å². The SMILES string of the molecule is CC(CO)CSc1ccc(C(C)N)cc1Br. The number of halogens is 1. The molecule has 0 aliphatic carbocycles. The van der Waals surface area contributed by atoms with E-state index in [1.807, 2.05) is 13.8 Å². The van der Waals surface area contributed by atoms with Crippen LogP contribution in [0.25, 0.3) is 0 Å². The number of thioether (sulfide) groups is 1. The average molecular weight is 304 g/mol. The van der Waals surface area contributed by atoms with Gasteiger partial charge in [-0.15, -0.1) is 11.8 Å². The van der Waals surface area contributed by atoms with Crippen molar-refractivity contribution in [3.8, 4) is 0 Å². The largest absolute Gasteiger partial charge is 0.396 e. The molecule has 0 amide bonds. The first-order valence-electron chi connectivity index (χ1n) is 5.33. The molecule has 16 heavy (non-hydrogen) atoms. The fourth-order valence-corrected chi connectivity index (χ4v) is 2.87. The van der Waals surface area contributed by atoms with E-state index < -0.39 is 0 Å². The van der Waals surface area contributed by atoms with Crippen molar-refractivity contribution in [1.29, 1.82) is 0 Å². The number of nitrogens with two attached hydrogens (primary N) is 1. The third kappa shape index (κ3) is 4.09. The fourth-order valence-electron chi connectivity index (χ4n) is 1.20. The lowest BCUT2D eigenvalue weighted by Crippen LogP contribution is -2.05. The van der Waals surface area contributed by atoms with Crippen molar-refractivity contribution >= 4 is 27.7 Å². The molecule has 1 aromatic rings. The minimum atomic E-state index is 0.0618. The van der Waals surface area contributed by atoms with Crippen molar-refractivity contribution in [2.24, 2.45) is 11.7 Å². The van der Waals surface area contributed by atoms with E-state index in [1.165, 1.54) is 4.90 Å². The molecule has 3 N–H and O–H groups in total. The molecule has 0 aliphatic rings. The summed E-state index contributed by atoms with van der Waals surface area (Å²) in [6, 6.07) is 6.27. The van der Waals surface area contributed by atoms with E-state index in [0.717, 1.165) is 15.8 Å². The number of benzene rings is 1. The molecule has 0 aliphatic heterocycles. The maximum atomic E-state index is 8.96. The maximum absolute atomic E-state index is 8.96. The second-order valence-corrected chi connectivity index (χ2v) is 5.99. The van der Waals surface area contributed by atoms with Crippen LogP contribution in [0.1, 0.15) is 25.5 Å². The molecule has 2 unspecified atom stereocenters. The highest BCUT2D eigenvalue weighted by atomic mass is 79.9. The van der Waals surface area contributed by atoms with E-state index >= 15 is 0 Å². The van der Waals surface area contributed by atoms with Gasteiger partial charge in [0.05, 0.1) is 0 Å². The quantitative estimate of drug-likeness (QED) is 0.821. The predicted octanol–water partition coefficient (Wildman–Crippen LogP) is 3.19. The Labute approximate surface area is 110 Å². The molecule has 2 nitrogen and oxygen atoms in total. The van der Waals surface area contributed by atoms with Gasteiger partial charge in [-0.25, -0.2) is 0 Å². The molecule has 0 heterocycles. The smallest absolute Gasteiger partial charge is 0.0464 e. The zero-order valence-corrected chi connectivity index (χ0v) is 12.0. The van der Waals surface area contributed by atoms with Gasteiger partial charge < -0.3 is 10.8 Å². The molecule has 0 saturated heterocycles. The van der Waals surface area contributed by atoms with E-state index in [9.17, 15) is 0 Å². The summed E-state index contributed by atoms with van der Waals surface area (Å²) in [6.45, 7) is 4.25. The van der Waals surface area contributed by atoms with E-state index in [2.05, 4.69) is 34.1 Å². The van der Waals surface area contributed by atoms with Crippen molar-refractivity contribution < 1.29 is 5.11 Å². The number of hydrogen-bond donors (Lipinski definition) is 2. The first kappa shape index (κ1) is 14.0. The highest BCUT2D eigenvalue weighted by Gasteiger charge is 2.07. The van der Waals surface area contributed by atoms with Crippen LogP contribution in [0.2, 0.25) is 0 Å². The van der Waals surface area contributed by atoms with Crippen LogP contribution in [0.4, 0.5) is 0 Å². The topological polar surface area (TPSA) is 46.2 Å². The molecule has 90 valence electrons. The Kier molecular flexibility index (Phi) is 5.83. The van der Waals surface area contributed by atoms with E-state index in [1.54, 1.807) is 11.8 Å². The summed E-state index contributed by atoms with van der Waals surface area (Å²) < 4.78 is 1.08. The summed E-state index contributed by atoms with van der Waals surface area (Å²) >= 11 is 5.30. The first-order chi connectivity index (χ1) is 7.54. The summed E-state index contributed by atoms with van der Waals surface area (Å²) in [5, 5.41) is 8.96. The van der Waals surface area contributed by atoms with Gasteiger partial charge in [0, 0.05) is 27.8 Å². The minimum absolute atomic E-state index is 0.0618. The molecular weight excluding hydrogens is 286 g/mol. The predicted molar refractivity (Wildman–Crippen MR) is 73.7 cm³/mol. The summed E-state index contributed by atoms with van der Waals surface area (Å²) in [4.78, 5) is 1.20. The Morgan fingerprint density at radius 2 is 2.12 bits per heavy atom. The highest BCUT2D eigenvalue weighted by Crippen LogP contribution is 2.30. The number of hydrogen-bond acceptors (Lipinski definition) is 3. The second-order valence-electron chi connectivity index (χ2n) is 4.08. The summed E-state index contributed by atoms with van der Waals surface area (Å²) in [7, 11) is 0. The van der Waals surface area contributed by atoms with Crippen LogP contribution in [-0.4, -0.2) is 17.5 Å².